The Kier molecular flexibility index (Phi) is 5.94. The summed E-state index contributed by atoms with van der Waals surface area (Å²) in [6.45, 7) is 9.88. The molecule has 1 saturated carbocycles. The van der Waals surface area contributed by atoms with E-state index in [2.05, 4.69) is 39.8 Å². The van der Waals surface area contributed by atoms with Crippen LogP contribution in [0, 0.1) is 29.1 Å². The van der Waals surface area contributed by atoms with Crippen molar-refractivity contribution < 1.29 is 0 Å². The summed E-state index contributed by atoms with van der Waals surface area (Å²) in [4.78, 5) is 0. The van der Waals surface area contributed by atoms with Crippen LogP contribution < -0.4 is 0 Å². The Morgan fingerprint density at radius 1 is 1.04 bits per heavy atom. The molecule has 0 amide bonds. The Morgan fingerprint density at radius 3 is 2.58 bits per heavy atom. The van der Waals surface area contributed by atoms with Gasteiger partial charge in [0.1, 0.15) is 0 Å². The zero-order valence-electron chi connectivity index (χ0n) is 16.7. The normalized spacial score (nSPS) is 38.3. The van der Waals surface area contributed by atoms with Gasteiger partial charge in [-0.05, 0) is 60.3 Å². The maximum atomic E-state index is 2.66. The van der Waals surface area contributed by atoms with Crippen molar-refractivity contribution in [1.29, 1.82) is 0 Å². The van der Waals surface area contributed by atoms with Gasteiger partial charge in [-0.1, -0.05) is 90.4 Å². The minimum absolute atomic E-state index is 0.512. The predicted molar refractivity (Wildman–Crippen MR) is 106 cm³/mol. The fraction of sp³-hybridized carbons (Fsp3) is 0.833. The third-order valence-corrected chi connectivity index (χ3v) is 7.55. The Morgan fingerprint density at radius 2 is 1.79 bits per heavy atom. The van der Waals surface area contributed by atoms with Crippen molar-refractivity contribution in [2.75, 3.05) is 0 Å². The summed E-state index contributed by atoms with van der Waals surface area (Å²) >= 11 is 0. The van der Waals surface area contributed by atoms with E-state index in [0.717, 1.165) is 23.7 Å². The summed E-state index contributed by atoms with van der Waals surface area (Å²) in [5, 5.41) is 0. The predicted octanol–water partition coefficient (Wildman–Crippen LogP) is 7.70. The highest BCUT2D eigenvalue weighted by atomic mass is 14.6. The quantitative estimate of drug-likeness (QED) is 0.420. The molecule has 1 fully saturated rings. The number of allylic oxidation sites excluding steroid dienone is 4. The molecule has 0 saturated heterocycles. The number of hydrogen-bond acceptors (Lipinski definition) is 0. The number of fused-ring (bicyclic) bond motifs is 2. The minimum Gasteiger partial charge on any atom is -0.0811 e. The van der Waals surface area contributed by atoms with E-state index in [9.17, 15) is 0 Å². The molecule has 0 heterocycles. The zero-order valence-corrected chi connectivity index (χ0v) is 16.7. The fourth-order valence-corrected chi connectivity index (χ4v) is 6.08. The summed E-state index contributed by atoms with van der Waals surface area (Å²) in [6, 6.07) is 0. The zero-order chi connectivity index (χ0) is 17.2. The number of unbranched alkanes of at least 4 members (excludes halogenated alkanes) is 5. The molecule has 0 radical (unpaired) electrons. The molecule has 0 aromatic heterocycles. The third-order valence-electron chi connectivity index (χ3n) is 7.55. The van der Waals surface area contributed by atoms with E-state index in [1.54, 1.807) is 5.57 Å². The molecule has 0 heteroatoms. The SMILES string of the molecule is CCCCCCCCC1(C)C2=C(C=CC(C)C2)C2CCC(C)CC21. The molecule has 0 N–H and O–H groups in total. The lowest BCUT2D eigenvalue weighted by atomic mass is 9.62. The molecule has 0 aromatic rings. The molecular formula is C24H40. The van der Waals surface area contributed by atoms with Gasteiger partial charge in [-0.2, -0.15) is 0 Å². The fourth-order valence-electron chi connectivity index (χ4n) is 6.08. The van der Waals surface area contributed by atoms with Crippen molar-refractivity contribution >= 4 is 0 Å². The molecule has 5 atom stereocenters. The second-order valence-electron chi connectivity index (χ2n) is 9.54. The first-order chi connectivity index (χ1) is 11.6. The van der Waals surface area contributed by atoms with Gasteiger partial charge in [0.05, 0.1) is 0 Å². The lowest BCUT2D eigenvalue weighted by Crippen LogP contribution is -2.33. The van der Waals surface area contributed by atoms with Crippen LogP contribution in [0.15, 0.2) is 23.3 Å². The van der Waals surface area contributed by atoms with Crippen molar-refractivity contribution in [3.8, 4) is 0 Å². The molecule has 0 aromatic carbocycles. The first-order valence-electron chi connectivity index (χ1n) is 11.0. The average molecular weight is 329 g/mol. The Balaban J connectivity index is 1.70. The van der Waals surface area contributed by atoms with Crippen LogP contribution in [0.4, 0.5) is 0 Å². The average Bonchev–Trinajstić information content (AvgIpc) is 2.80. The highest BCUT2D eigenvalue weighted by Crippen LogP contribution is 2.61. The monoisotopic (exact) mass is 328 g/mol. The van der Waals surface area contributed by atoms with Gasteiger partial charge >= 0.3 is 0 Å². The van der Waals surface area contributed by atoms with E-state index in [-0.39, 0.29) is 0 Å². The van der Waals surface area contributed by atoms with Crippen LogP contribution in [0.25, 0.3) is 0 Å². The van der Waals surface area contributed by atoms with Crippen LogP contribution >= 0.6 is 0 Å². The summed E-state index contributed by atoms with van der Waals surface area (Å²) in [7, 11) is 0. The van der Waals surface area contributed by atoms with Gasteiger partial charge in [0.2, 0.25) is 0 Å². The number of hydrogen-bond donors (Lipinski definition) is 0. The minimum atomic E-state index is 0.512. The molecule has 5 unspecified atom stereocenters. The molecule has 0 spiro atoms. The van der Waals surface area contributed by atoms with E-state index in [1.165, 1.54) is 70.6 Å². The van der Waals surface area contributed by atoms with E-state index in [4.69, 9.17) is 0 Å². The standard InChI is InChI=1S/C24H40/c1-5-6-7-8-9-10-15-24(4)22-16-18(2)11-13-20(22)21-14-12-19(3)17-23(21)24/h11,13,18-19,21,23H,5-10,12,14-17H2,1-4H3. The maximum absolute atomic E-state index is 2.66. The van der Waals surface area contributed by atoms with Crippen molar-refractivity contribution in [3.05, 3.63) is 23.3 Å². The van der Waals surface area contributed by atoms with Crippen molar-refractivity contribution in [2.24, 2.45) is 29.1 Å². The van der Waals surface area contributed by atoms with Crippen LogP contribution in [0.2, 0.25) is 0 Å². The van der Waals surface area contributed by atoms with Crippen LogP contribution in [-0.4, -0.2) is 0 Å². The van der Waals surface area contributed by atoms with E-state index in [0.29, 0.717) is 5.41 Å². The molecule has 0 aliphatic heterocycles. The van der Waals surface area contributed by atoms with Gasteiger partial charge in [-0.3, -0.25) is 0 Å². The molecular weight excluding hydrogens is 288 g/mol. The number of rotatable bonds is 7. The molecule has 0 bridgehead atoms. The van der Waals surface area contributed by atoms with Gasteiger partial charge in [0, 0.05) is 0 Å². The highest BCUT2D eigenvalue weighted by Gasteiger charge is 2.51. The highest BCUT2D eigenvalue weighted by molar-refractivity contribution is 5.43. The molecule has 0 nitrogen and oxygen atoms in total. The second kappa shape index (κ2) is 7.79. The van der Waals surface area contributed by atoms with Crippen LogP contribution in [-0.2, 0) is 0 Å². The van der Waals surface area contributed by atoms with Gasteiger partial charge in [-0.25, -0.2) is 0 Å². The largest absolute Gasteiger partial charge is 0.0811 e. The summed E-state index contributed by atoms with van der Waals surface area (Å²) in [5.41, 5.74) is 4.19. The Hall–Kier alpha value is -0.520. The molecule has 24 heavy (non-hydrogen) atoms. The second-order valence-corrected chi connectivity index (χ2v) is 9.54. The smallest absolute Gasteiger partial charge is 0.00761 e. The topological polar surface area (TPSA) is 0 Å². The maximum Gasteiger partial charge on any atom is -0.00761 e. The van der Waals surface area contributed by atoms with E-state index < -0.39 is 0 Å². The van der Waals surface area contributed by atoms with E-state index in [1.807, 2.05) is 5.57 Å². The first kappa shape index (κ1) is 18.3. The lowest BCUT2D eigenvalue weighted by Gasteiger charge is -2.42. The van der Waals surface area contributed by atoms with Crippen molar-refractivity contribution in [1.82, 2.24) is 0 Å². The molecule has 3 rings (SSSR count). The van der Waals surface area contributed by atoms with Crippen molar-refractivity contribution in [2.45, 2.75) is 98.3 Å². The third kappa shape index (κ3) is 3.54. The van der Waals surface area contributed by atoms with E-state index >= 15 is 0 Å². The molecule has 136 valence electrons. The first-order valence-corrected chi connectivity index (χ1v) is 11.0. The summed E-state index contributed by atoms with van der Waals surface area (Å²) in [5.74, 6) is 3.53. The lowest BCUT2D eigenvalue weighted by molar-refractivity contribution is 0.114. The van der Waals surface area contributed by atoms with Gasteiger partial charge < -0.3 is 0 Å². The van der Waals surface area contributed by atoms with Crippen LogP contribution in [0.1, 0.15) is 98.3 Å². The van der Waals surface area contributed by atoms with Gasteiger partial charge in [0.25, 0.3) is 0 Å². The molecule has 3 aliphatic rings. The van der Waals surface area contributed by atoms with Crippen LogP contribution in [0.5, 0.6) is 0 Å². The Bertz CT molecular complexity index is 482. The van der Waals surface area contributed by atoms with Crippen molar-refractivity contribution in [3.63, 3.8) is 0 Å². The Labute approximate surface area is 151 Å². The summed E-state index contributed by atoms with van der Waals surface area (Å²) in [6.07, 6.45) is 20.8. The molecule has 3 aliphatic carbocycles. The van der Waals surface area contributed by atoms with Gasteiger partial charge in [-0.15, -0.1) is 0 Å². The van der Waals surface area contributed by atoms with Gasteiger partial charge in [0.15, 0.2) is 0 Å². The van der Waals surface area contributed by atoms with Crippen LogP contribution in [0.3, 0.4) is 0 Å². The summed E-state index contributed by atoms with van der Waals surface area (Å²) < 4.78 is 0.